The molecule has 1 saturated heterocycles. The molecule has 4 atom stereocenters. The number of carbonyl (C=O) groups excluding carboxylic acids is 1. The molecular formula is C28H29FN4O4S. The zero-order valence-electron chi connectivity index (χ0n) is 21.2. The van der Waals surface area contributed by atoms with E-state index in [1.165, 1.54) is 12.3 Å². The third kappa shape index (κ3) is 4.78. The maximum atomic E-state index is 14.7. The summed E-state index contributed by atoms with van der Waals surface area (Å²) in [6, 6.07) is 10.6. The van der Waals surface area contributed by atoms with Gasteiger partial charge in [-0.15, -0.1) is 0 Å². The average Bonchev–Trinajstić information content (AvgIpc) is 3.17. The number of anilines is 1. The van der Waals surface area contributed by atoms with Crippen LogP contribution >= 0.6 is 0 Å². The van der Waals surface area contributed by atoms with Crippen molar-refractivity contribution < 1.29 is 22.3 Å². The maximum Gasteiger partial charge on any atom is 0.213 e. The number of fused-ring (bicyclic) bond motifs is 3. The molecule has 4 unspecified atom stereocenters. The molecule has 0 amide bonds. The van der Waals surface area contributed by atoms with Gasteiger partial charge in [0.2, 0.25) is 15.9 Å². The highest BCUT2D eigenvalue weighted by atomic mass is 32.2. The van der Waals surface area contributed by atoms with Crippen LogP contribution in [-0.2, 0) is 27.8 Å². The minimum absolute atomic E-state index is 0.0440. The van der Waals surface area contributed by atoms with Gasteiger partial charge in [0.15, 0.2) is 0 Å². The van der Waals surface area contributed by atoms with Crippen LogP contribution in [0.15, 0.2) is 42.6 Å². The van der Waals surface area contributed by atoms with Crippen molar-refractivity contribution in [1.29, 1.82) is 0 Å². The van der Waals surface area contributed by atoms with E-state index in [9.17, 15) is 17.6 Å². The fraction of sp³-hybridized carbons (Fsp3) is 0.393. The molecule has 3 aromatic rings. The van der Waals surface area contributed by atoms with E-state index in [0.29, 0.717) is 36.4 Å². The lowest BCUT2D eigenvalue weighted by atomic mass is 10.0. The van der Waals surface area contributed by atoms with Crippen LogP contribution in [0.5, 0.6) is 5.88 Å². The zero-order valence-corrected chi connectivity index (χ0v) is 22.0. The van der Waals surface area contributed by atoms with E-state index in [2.05, 4.69) is 14.6 Å². The number of carbonyl (C=O) groups is 1. The molecule has 2 aromatic heterocycles. The summed E-state index contributed by atoms with van der Waals surface area (Å²) in [5.41, 5.74) is 5.24. The third-order valence-corrected chi connectivity index (χ3v) is 8.66. The topological polar surface area (TPSA) is 101 Å². The Bertz CT molecular complexity index is 1530. The first-order valence-electron chi connectivity index (χ1n) is 12.8. The van der Waals surface area contributed by atoms with Crippen LogP contribution in [0.1, 0.15) is 34.7 Å². The Labute approximate surface area is 221 Å². The van der Waals surface area contributed by atoms with E-state index in [1.807, 2.05) is 25.1 Å². The number of hydrogen-bond donors (Lipinski definition) is 1. The standard InChI is InChI=1S/C28H29FN4O4S/c1-16-21(4-6-26(31-16)33-8-7-20(13-33)32-38(2,35)36)17-3-5-25(29)19(9-17)15-37-27-11-18-10-22-24(14-34)28(22)23(18)12-30-27/h3-6,9,11-12,14,20,22,24,28,32H,7-8,10,13,15H2,1-2H3. The number of aldehydes is 1. The molecule has 3 heterocycles. The van der Waals surface area contributed by atoms with E-state index < -0.39 is 10.0 Å². The van der Waals surface area contributed by atoms with Gasteiger partial charge in [0.05, 0.1) is 6.26 Å². The van der Waals surface area contributed by atoms with Gasteiger partial charge >= 0.3 is 0 Å². The Balaban J connectivity index is 1.14. The molecule has 6 rings (SSSR count). The first-order chi connectivity index (χ1) is 18.2. The van der Waals surface area contributed by atoms with Gasteiger partial charge in [0, 0.05) is 54.1 Å². The zero-order chi connectivity index (χ0) is 26.6. The molecule has 0 spiro atoms. The van der Waals surface area contributed by atoms with Crippen molar-refractivity contribution >= 4 is 22.1 Å². The summed E-state index contributed by atoms with van der Waals surface area (Å²) in [7, 11) is -3.25. The molecule has 2 fully saturated rings. The quantitative estimate of drug-likeness (QED) is 0.441. The number of ether oxygens (including phenoxy) is 1. The van der Waals surface area contributed by atoms with E-state index >= 15 is 0 Å². The van der Waals surface area contributed by atoms with Gasteiger partial charge in [-0.3, -0.25) is 0 Å². The number of rotatable bonds is 8. The first kappa shape index (κ1) is 24.9. The number of pyridine rings is 2. The second-order valence-electron chi connectivity index (χ2n) is 10.5. The number of nitrogens with zero attached hydrogens (tertiary/aromatic N) is 3. The third-order valence-electron chi connectivity index (χ3n) is 7.90. The van der Waals surface area contributed by atoms with Gasteiger partial charge in [0.25, 0.3) is 0 Å². The number of hydrogen-bond acceptors (Lipinski definition) is 7. The van der Waals surface area contributed by atoms with Gasteiger partial charge in [-0.2, -0.15) is 0 Å². The number of aryl methyl sites for hydroxylation is 1. The highest BCUT2D eigenvalue weighted by molar-refractivity contribution is 7.88. The smallest absolute Gasteiger partial charge is 0.213 e. The molecule has 38 heavy (non-hydrogen) atoms. The first-order valence-corrected chi connectivity index (χ1v) is 14.6. The number of sulfonamides is 1. The van der Waals surface area contributed by atoms with Crippen LogP contribution in [0.2, 0.25) is 0 Å². The normalized spacial score (nSPS) is 23.7. The molecule has 2 aliphatic carbocycles. The minimum Gasteiger partial charge on any atom is -0.473 e. The Morgan fingerprint density at radius 3 is 2.84 bits per heavy atom. The fourth-order valence-corrected chi connectivity index (χ4v) is 6.78. The lowest BCUT2D eigenvalue weighted by Gasteiger charge is -2.19. The second-order valence-corrected chi connectivity index (χ2v) is 12.3. The van der Waals surface area contributed by atoms with Crippen LogP contribution in [-0.4, -0.2) is 50.1 Å². The summed E-state index contributed by atoms with van der Waals surface area (Å²) in [5.74, 6) is 1.71. The van der Waals surface area contributed by atoms with Gasteiger partial charge < -0.3 is 14.4 Å². The van der Waals surface area contributed by atoms with Crippen LogP contribution in [0.3, 0.4) is 0 Å². The number of halogens is 1. The Hall–Kier alpha value is -3.37. The van der Waals surface area contributed by atoms with Crippen molar-refractivity contribution in [3.05, 3.63) is 70.8 Å². The molecular weight excluding hydrogens is 507 g/mol. The molecule has 0 radical (unpaired) electrons. The van der Waals surface area contributed by atoms with Crippen molar-refractivity contribution in [3.8, 4) is 17.0 Å². The second kappa shape index (κ2) is 9.43. The monoisotopic (exact) mass is 536 g/mol. The van der Waals surface area contributed by atoms with Gasteiger partial charge in [-0.25, -0.2) is 27.5 Å². The van der Waals surface area contributed by atoms with Crippen LogP contribution < -0.4 is 14.4 Å². The van der Waals surface area contributed by atoms with Gasteiger partial charge in [0.1, 0.15) is 24.5 Å². The van der Waals surface area contributed by atoms with Crippen molar-refractivity contribution in [3.63, 3.8) is 0 Å². The summed E-state index contributed by atoms with van der Waals surface area (Å²) < 4.78 is 46.3. The number of aromatic nitrogens is 2. The van der Waals surface area contributed by atoms with Gasteiger partial charge in [-0.1, -0.05) is 6.07 Å². The summed E-state index contributed by atoms with van der Waals surface area (Å²) in [6.07, 6.45) is 5.59. The molecule has 8 nitrogen and oxygen atoms in total. The van der Waals surface area contributed by atoms with E-state index in [4.69, 9.17) is 9.72 Å². The largest absolute Gasteiger partial charge is 0.473 e. The predicted octanol–water partition coefficient (Wildman–Crippen LogP) is 3.38. The van der Waals surface area contributed by atoms with Crippen molar-refractivity contribution in [2.45, 2.75) is 38.3 Å². The Morgan fingerprint density at radius 2 is 2.08 bits per heavy atom. The minimum atomic E-state index is -3.25. The molecule has 10 heteroatoms. The molecule has 1 saturated carbocycles. The lowest BCUT2D eigenvalue weighted by Crippen LogP contribution is -2.36. The van der Waals surface area contributed by atoms with Crippen LogP contribution in [0.4, 0.5) is 10.2 Å². The summed E-state index contributed by atoms with van der Waals surface area (Å²) >= 11 is 0. The summed E-state index contributed by atoms with van der Waals surface area (Å²) in [6.45, 7) is 3.23. The van der Waals surface area contributed by atoms with Crippen molar-refractivity contribution in [2.24, 2.45) is 11.8 Å². The molecule has 1 N–H and O–H groups in total. The summed E-state index contributed by atoms with van der Waals surface area (Å²) in [5, 5.41) is 0. The van der Waals surface area contributed by atoms with Gasteiger partial charge in [-0.05, 0) is 72.6 Å². The average molecular weight is 537 g/mol. The fourth-order valence-electron chi connectivity index (χ4n) is 5.98. The Morgan fingerprint density at radius 1 is 1.24 bits per heavy atom. The van der Waals surface area contributed by atoms with Crippen LogP contribution in [0, 0.1) is 24.6 Å². The molecule has 198 valence electrons. The van der Waals surface area contributed by atoms with Crippen molar-refractivity contribution in [2.75, 3.05) is 24.2 Å². The van der Waals surface area contributed by atoms with Crippen molar-refractivity contribution in [1.82, 2.24) is 14.7 Å². The highest BCUT2D eigenvalue weighted by Crippen LogP contribution is 2.60. The molecule has 1 aliphatic heterocycles. The highest BCUT2D eigenvalue weighted by Gasteiger charge is 2.55. The van der Waals surface area contributed by atoms with E-state index in [-0.39, 0.29) is 24.4 Å². The Kier molecular flexibility index (Phi) is 6.19. The summed E-state index contributed by atoms with van der Waals surface area (Å²) in [4.78, 5) is 22.3. The van der Waals surface area contributed by atoms with E-state index in [1.54, 1.807) is 18.3 Å². The SMILES string of the molecule is Cc1nc(N2CCC(NS(C)(=O)=O)C2)ccc1-c1ccc(F)c(COc2cc3c(cn2)C2C(C=O)C2C3)c1. The maximum absolute atomic E-state index is 14.7. The van der Waals surface area contributed by atoms with Crippen LogP contribution in [0.25, 0.3) is 11.1 Å². The molecule has 0 bridgehead atoms. The number of benzene rings is 1. The van der Waals surface area contributed by atoms with E-state index in [0.717, 1.165) is 52.9 Å². The lowest BCUT2D eigenvalue weighted by molar-refractivity contribution is -0.109. The molecule has 1 aromatic carbocycles. The molecule has 3 aliphatic rings. The number of nitrogens with one attached hydrogen (secondary N) is 1. The predicted molar refractivity (Wildman–Crippen MR) is 141 cm³/mol.